The second-order valence-electron chi connectivity index (χ2n) is 4.44. The second kappa shape index (κ2) is 5.08. The largest absolute Gasteiger partial charge is 0.507 e. The van der Waals surface area contributed by atoms with Gasteiger partial charge in [-0.25, -0.2) is 0 Å². The van der Waals surface area contributed by atoms with Crippen molar-refractivity contribution in [1.82, 2.24) is 4.90 Å². The molecule has 2 rings (SSSR count). The number of benzene rings is 1. The molecule has 0 bridgehead atoms. The normalized spacial score (nSPS) is 17.2. The molecule has 1 aromatic carbocycles. The fourth-order valence-electron chi connectivity index (χ4n) is 2.05. The molecule has 1 aliphatic rings. The van der Waals surface area contributed by atoms with Crippen LogP contribution in [0.5, 0.6) is 5.75 Å². The van der Waals surface area contributed by atoms with Gasteiger partial charge in [-0.2, -0.15) is 0 Å². The zero-order valence-corrected chi connectivity index (χ0v) is 11.4. The highest BCUT2D eigenvalue weighted by atomic mass is 79.9. The van der Waals surface area contributed by atoms with Crippen molar-refractivity contribution < 1.29 is 9.90 Å². The topological polar surface area (TPSA) is 40.5 Å². The molecule has 4 heteroatoms. The summed E-state index contributed by atoms with van der Waals surface area (Å²) in [6, 6.07) is 5.29. The number of para-hydroxylation sites is 1. The lowest BCUT2D eigenvalue weighted by molar-refractivity contribution is 0.0725. The number of aromatic hydroxyl groups is 1. The highest BCUT2D eigenvalue weighted by Gasteiger charge is 2.24. The van der Waals surface area contributed by atoms with E-state index < -0.39 is 0 Å². The molecule has 1 aromatic rings. The summed E-state index contributed by atoms with van der Waals surface area (Å²) in [4.78, 5) is 14.6. The third kappa shape index (κ3) is 2.63. The third-order valence-corrected chi connectivity index (χ3v) is 4.10. The van der Waals surface area contributed by atoms with Crippen molar-refractivity contribution in [3.05, 3.63) is 29.3 Å². The minimum Gasteiger partial charge on any atom is -0.507 e. The standard InChI is InChI=1S/C13H16BrNO2/c1-9-3-2-4-11(12(9)16)13(17)15-7-5-10(14)6-8-15/h2-4,10,16H,5-8H2,1H3. The number of amides is 1. The van der Waals surface area contributed by atoms with Crippen LogP contribution in [0, 0.1) is 6.92 Å². The molecule has 0 unspecified atom stereocenters. The first-order chi connectivity index (χ1) is 8.09. The molecule has 0 aliphatic carbocycles. The monoisotopic (exact) mass is 297 g/mol. The molecule has 0 radical (unpaired) electrons. The lowest BCUT2D eigenvalue weighted by Gasteiger charge is -2.29. The number of nitrogens with zero attached hydrogens (tertiary/aromatic N) is 1. The molecule has 1 amide bonds. The van der Waals surface area contributed by atoms with Gasteiger partial charge in [0.05, 0.1) is 5.56 Å². The van der Waals surface area contributed by atoms with Gasteiger partial charge in [-0.1, -0.05) is 28.1 Å². The lowest BCUT2D eigenvalue weighted by Crippen LogP contribution is -2.38. The summed E-state index contributed by atoms with van der Waals surface area (Å²) in [5.74, 6) is 0.0454. The number of alkyl halides is 1. The molecule has 0 aromatic heterocycles. The van der Waals surface area contributed by atoms with Crippen molar-refractivity contribution >= 4 is 21.8 Å². The van der Waals surface area contributed by atoms with Crippen LogP contribution in [0.4, 0.5) is 0 Å². The molecule has 3 nitrogen and oxygen atoms in total. The summed E-state index contributed by atoms with van der Waals surface area (Å²) in [5, 5.41) is 9.89. The Kier molecular flexibility index (Phi) is 3.72. The Labute approximate surface area is 110 Å². The van der Waals surface area contributed by atoms with Crippen LogP contribution in [-0.4, -0.2) is 33.8 Å². The van der Waals surface area contributed by atoms with Gasteiger partial charge in [0.2, 0.25) is 0 Å². The SMILES string of the molecule is Cc1cccc(C(=O)N2CCC(Br)CC2)c1O. The molecule has 1 N–H and O–H groups in total. The van der Waals surface area contributed by atoms with E-state index in [0.29, 0.717) is 10.4 Å². The fraction of sp³-hybridized carbons (Fsp3) is 0.462. The molecule has 1 heterocycles. The Morgan fingerprint density at radius 1 is 1.41 bits per heavy atom. The number of halogens is 1. The fourth-order valence-corrected chi connectivity index (χ4v) is 2.46. The number of hydrogen-bond acceptors (Lipinski definition) is 2. The predicted octanol–water partition coefficient (Wildman–Crippen LogP) is 2.70. The van der Waals surface area contributed by atoms with Gasteiger partial charge in [0, 0.05) is 17.9 Å². The van der Waals surface area contributed by atoms with Crippen LogP contribution < -0.4 is 0 Å². The van der Waals surface area contributed by atoms with E-state index in [4.69, 9.17) is 0 Å². The van der Waals surface area contributed by atoms with E-state index >= 15 is 0 Å². The number of carbonyl (C=O) groups excluding carboxylic acids is 1. The summed E-state index contributed by atoms with van der Waals surface area (Å²) in [5.41, 5.74) is 1.16. The molecule has 17 heavy (non-hydrogen) atoms. The number of rotatable bonds is 1. The molecule has 0 spiro atoms. The smallest absolute Gasteiger partial charge is 0.257 e. The molecule has 0 atom stereocenters. The van der Waals surface area contributed by atoms with Crippen LogP contribution in [0.1, 0.15) is 28.8 Å². The van der Waals surface area contributed by atoms with Crippen molar-refractivity contribution in [3.8, 4) is 5.75 Å². The van der Waals surface area contributed by atoms with Gasteiger partial charge in [0.25, 0.3) is 5.91 Å². The van der Waals surface area contributed by atoms with Gasteiger partial charge >= 0.3 is 0 Å². The van der Waals surface area contributed by atoms with Gasteiger partial charge < -0.3 is 10.0 Å². The Morgan fingerprint density at radius 3 is 2.71 bits per heavy atom. The number of aryl methyl sites for hydroxylation is 1. The minimum atomic E-state index is -0.0643. The van der Waals surface area contributed by atoms with Gasteiger partial charge in [-0.3, -0.25) is 4.79 Å². The van der Waals surface area contributed by atoms with Gasteiger partial charge in [0.1, 0.15) is 5.75 Å². The molecular formula is C13H16BrNO2. The van der Waals surface area contributed by atoms with E-state index in [1.54, 1.807) is 25.1 Å². The number of phenols is 1. The van der Waals surface area contributed by atoms with E-state index in [-0.39, 0.29) is 11.7 Å². The number of carbonyl (C=O) groups is 1. The van der Waals surface area contributed by atoms with Gasteiger partial charge in [0.15, 0.2) is 0 Å². The highest BCUT2D eigenvalue weighted by Crippen LogP contribution is 2.25. The molecule has 1 aliphatic heterocycles. The number of piperidine rings is 1. The minimum absolute atomic E-state index is 0.0643. The summed E-state index contributed by atoms with van der Waals surface area (Å²) >= 11 is 3.56. The average Bonchev–Trinajstić information content (AvgIpc) is 2.33. The molecule has 1 fully saturated rings. The first-order valence-electron chi connectivity index (χ1n) is 5.81. The Bertz CT molecular complexity index is 425. The summed E-state index contributed by atoms with van der Waals surface area (Å²) in [6.07, 6.45) is 1.94. The van der Waals surface area contributed by atoms with Crippen LogP contribution in [0.2, 0.25) is 0 Å². The zero-order valence-electron chi connectivity index (χ0n) is 9.82. The Hall–Kier alpha value is -1.03. The highest BCUT2D eigenvalue weighted by molar-refractivity contribution is 9.09. The van der Waals surface area contributed by atoms with Crippen molar-refractivity contribution in [2.45, 2.75) is 24.6 Å². The molecule has 1 saturated heterocycles. The number of likely N-dealkylation sites (tertiary alicyclic amines) is 1. The van der Waals surface area contributed by atoms with Crippen molar-refractivity contribution in [1.29, 1.82) is 0 Å². The van der Waals surface area contributed by atoms with E-state index in [1.165, 1.54) is 0 Å². The third-order valence-electron chi connectivity index (χ3n) is 3.18. The van der Waals surface area contributed by atoms with E-state index in [9.17, 15) is 9.90 Å². The van der Waals surface area contributed by atoms with Crippen LogP contribution in [0.15, 0.2) is 18.2 Å². The van der Waals surface area contributed by atoms with E-state index in [0.717, 1.165) is 31.5 Å². The summed E-state index contributed by atoms with van der Waals surface area (Å²) in [7, 11) is 0. The Balaban J connectivity index is 2.17. The van der Waals surface area contributed by atoms with Crippen molar-refractivity contribution in [3.63, 3.8) is 0 Å². The van der Waals surface area contributed by atoms with Crippen LogP contribution in [0.3, 0.4) is 0 Å². The summed E-state index contributed by atoms with van der Waals surface area (Å²) < 4.78 is 0. The predicted molar refractivity (Wildman–Crippen MR) is 70.7 cm³/mol. The number of phenolic OH excluding ortho intramolecular Hbond substituents is 1. The second-order valence-corrected chi connectivity index (χ2v) is 5.73. The van der Waals surface area contributed by atoms with E-state index in [2.05, 4.69) is 15.9 Å². The summed E-state index contributed by atoms with van der Waals surface area (Å²) in [6.45, 7) is 3.31. The maximum atomic E-state index is 12.2. The maximum Gasteiger partial charge on any atom is 0.257 e. The number of hydrogen-bond donors (Lipinski definition) is 1. The zero-order chi connectivity index (χ0) is 12.4. The molecule has 92 valence electrons. The Morgan fingerprint density at radius 2 is 2.06 bits per heavy atom. The maximum absolute atomic E-state index is 12.2. The van der Waals surface area contributed by atoms with Gasteiger partial charge in [-0.05, 0) is 31.4 Å². The lowest BCUT2D eigenvalue weighted by atomic mass is 10.1. The van der Waals surface area contributed by atoms with Crippen molar-refractivity contribution in [2.75, 3.05) is 13.1 Å². The average molecular weight is 298 g/mol. The van der Waals surface area contributed by atoms with Crippen LogP contribution in [0.25, 0.3) is 0 Å². The molecular weight excluding hydrogens is 282 g/mol. The quantitative estimate of drug-likeness (QED) is 0.810. The van der Waals surface area contributed by atoms with Crippen LogP contribution in [-0.2, 0) is 0 Å². The van der Waals surface area contributed by atoms with E-state index in [1.807, 2.05) is 4.90 Å². The first kappa shape index (κ1) is 12.4. The first-order valence-corrected chi connectivity index (χ1v) is 6.73. The van der Waals surface area contributed by atoms with Crippen molar-refractivity contribution in [2.24, 2.45) is 0 Å². The molecule has 0 saturated carbocycles. The van der Waals surface area contributed by atoms with Gasteiger partial charge in [-0.15, -0.1) is 0 Å². The van der Waals surface area contributed by atoms with Crippen LogP contribution >= 0.6 is 15.9 Å².